The van der Waals surface area contributed by atoms with Crippen LogP contribution in [0.15, 0.2) is 89.9 Å². The van der Waals surface area contributed by atoms with Crippen LogP contribution in [0.4, 0.5) is 0 Å². The topological polar surface area (TPSA) is 78.3 Å². The van der Waals surface area contributed by atoms with Crippen molar-refractivity contribution in [3.8, 4) is 22.6 Å². The Hall–Kier alpha value is -3.42. The summed E-state index contributed by atoms with van der Waals surface area (Å²) >= 11 is 6.09. The number of aromatic nitrogens is 2. The molecule has 0 aliphatic carbocycles. The lowest BCUT2D eigenvalue weighted by atomic mass is 10.1. The van der Waals surface area contributed by atoms with Crippen LogP contribution in [0, 0.1) is 0 Å². The number of benzene rings is 3. The molecule has 0 saturated heterocycles. The van der Waals surface area contributed by atoms with Crippen molar-refractivity contribution in [2.75, 3.05) is 0 Å². The molecule has 1 heterocycles. The van der Waals surface area contributed by atoms with E-state index in [9.17, 15) is 13.2 Å². The first kappa shape index (κ1) is 21.8. The predicted molar refractivity (Wildman–Crippen MR) is 125 cm³/mol. The Bertz CT molecular complexity index is 1360. The summed E-state index contributed by atoms with van der Waals surface area (Å²) in [6.45, 7) is 0.206. The second-order valence-corrected chi connectivity index (χ2v) is 8.46. The Labute approximate surface area is 191 Å². The van der Waals surface area contributed by atoms with Gasteiger partial charge in [-0.2, -0.15) is 9.78 Å². The molecule has 32 heavy (non-hydrogen) atoms. The first-order valence-electron chi connectivity index (χ1n) is 9.77. The summed E-state index contributed by atoms with van der Waals surface area (Å²) in [4.78, 5) is 13.4. The summed E-state index contributed by atoms with van der Waals surface area (Å²) in [5, 5.41) is 4.81. The molecule has 4 aromatic rings. The number of nitrogens with zero attached hydrogens (tertiary/aromatic N) is 2. The summed E-state index contributed by atoms with van der Waals surface area (Å²) < 4.78 is 29.2. The minimum atomic E-state index is -2.52. The van der Waals surface area contributed by atoms with Crippen LogP contribution in [0.2, 0.25) is 5.02 Å². The van der Waals surface area contributed by atoms with Gasteiger partial charge in [-0.25, -0.2) is 8.42 Å². The van der Waals surface area contributed by atoms with E-state index in [1.54, 1.807) is 54.7 Å². The number of hydrogen-bond acceptors (Lipinski definition) is 5. The zero-order valence-corrected chi connectivity index (χ0v) is 18.5. The lowest BCUT2D eigenvalue weighted by molar-refractivity contribution is 0.300. The van der Waals surface area contributed by atoms with Gasteiger partial charge in [0.15, 0.2) is 5.75 Å². The monoisotopic (exact) mass is 466 g/mol. The van der Waals surface area contributed by atoms with Crippen molar-refractivity contribution in [1.82, 2.24) is 9.78 Å². The zero-order valence-electron chi connectivity index (χ0n) is 16.8. The van der Waals surface area contributed by atoms with Crippen molar-refractivity contribution < 1.29 is 13.2 Å². The fraction of sp³-hybridized carbons (Fsp3) is 0.0833. The van der Waals surface area contributed by atoms with Crippen molar-refractivity contribution in [2.45, 2.75) is 12.4 Å². The summed E-state index contributed by atoms with van der Waals surface area (Å²) in [5.41, 5.74) is 2.89. The second-order valence-electron chi connectivity index (χ2n) is 7.05. The molecule has 0 aliphatic rings. The van der Waals surface area contributed by atoms with Gasteiger partial charge in [-0.3, -0.25) is 4.79 Å². The maximum atomic E-state index is 13.4. The number of thiol groups is 1. The fourth-order valence-electron chi connectivity index (χ4n) is 3.24. The van der Waals surface area contributed by atoms with E-state index in [0.717, 1.165) is 5.56 Å². The average molecular weight is 467 g/mol. The maximum Gasteiger partial charge on any atom is 0.314 e. The van der Waals surface area contributed by atoms with E-state index in [1.807, 2.05) is 30.3 Å². The molecular formula is C24H19ClN2O4S. The highest BCUT2D eigenvalue weighted by molar-refractivity contribution is 7.71. The van der Waals surface area contributed by atoms with Gasteiger partial charge in [0, 0.05) is 10.6 Å². The highest BCUT2D eigenvalue weighted by Gasteiger charge is 2.16. The number of halogens is 1. The molecule has 0 saturated carbocycles. The molecule has 0 amide bonds. The zero-order chi connectivity index (χ0) is 22.5. The van der Waals surface area contributed by atoms with Crippen molar-refractivity contribution in [3.63, 3.8) is 0 Å². The largest absolute Gasteiger partial charge is 0.482 e. The SMILES string of the molecule is O=c1c(OCc2ccccc2)c(-c2ccc(C[SH](=O)=O)cc2)cnn1-c1cccc(Cl)c1. The second kappa shape index (κ2) is 9.80. The van der Waals surface area contributed by atoms with Crippen LogP contribution >= 0.6 is 11.6 Å². The predicted octanol–water partition coefficient (Wildman–Crippen LogP) is 4.24. The maximum absolute atomic E-state index is 13.4. The van der Waals surface area contributed by atoms with Crippen LogP contribution in [0.3, 0.4) is 0 Å². The smallest absolute Gasteiger partial charge is 0.314 e. The van der Waals surface area contributed by atoms with E-state index in [0.29, 0.717) is 27.4 Å². The van der Waals surface area contributed by atoms with Crippen LogP contribution in [0.1, 0.15) is 11.1 Å². The van der Waals surface area contributed by atoms with Gasteiger partial charge in [-0.15, -0.1) is 0 Å². The van der Waals surface area contributed by atoms with Crippen molar-refractivity contribution in [1.29, 1.82) is 0 Å². The molecule has 0 atom stereocenters. The Morgan fingerprint density at radius 3 is 2.34 bits per heavy atom. The Morgan fingerprint density at radius 1 is 0.906 bits per heavy atom. The molecule has 1 aromatic heterocycles. The van der Waals surface area contributed by atoms with Crippen LogP contribution in [0.25, 0.3) is 16.8 Å². The van der Waals surface area contributed by atoms with Crippen LogP contribution in [0.5, 0.6) is 5.75 Å². The standard InChI is InChI=1S/C24H19ClN2O4S/c25-20-7-4-8-21(13-20)27-24(28)23(31-15-17-5-2-1-3-6-17)22(14-26-27)19-11-9-18(10-12-19)16-32(29)30/h1-14,32H,15-16H2. The van der Waals surface area contributed by atoms with Crippen molar-refractivity contribution >= 4 is 22.3 Å². The van der Waals surface area contributed by atoms with Crippen molar-refractivity contribution in [3.05, 3.63) is 112 Å². The molecule has 3 aromatic carbocycles. The summed E-state index contributed by atoms with van der Waals surface area (Å²) in [6, 6.07) is 23.3. The molecule has 0 radical (unpaired) electrons. The molecule has 0 unspecified atom stereocenters. The van der Waals surface area contributed by atoms with Crippen LogP contribution < -0.4 is 10.3 Å². The van der Waals surface area contributed by atoms with Crippen LogP contribution in [-0.2, 0) is 23.1 Å². The van der Waals surface area contributed by atoms with Gasteiger partial charge in [-0.05, 0) is 34.9 Å². The molecule has 162 valence electrons. The molecule has 0 spiro atoms. The Kier molecular flexibility index (Phi) is 6.68. The highest BCUT2D eigenvalue weighted by Crippen LogP contribution is 2.28. The summed E-state index contributed by atoms with van der Waals surface area (Å²) in [5.74, 6) is 0.105. The lowest BCUT2D eigenvalue weighted by Crippen LogP contribution is -2.23. The van der Waals surface area contributed by atoms with E-state index in [4.69, 9.17) is 16.3 Å². The molecule has 0 aliphatic heterocycles. The summed E-state index contributed by atoms with van der Waals surface area (Å²) in [7, 11) is -2.52. The molecule has 4 rings (SSSR count). The first-order chi connectivity index (χ1) is 15.5. The van der Waals surface area contributed by atoms with Crippen LogP contribution in [-0.4, -0.2) is 18.2 Å². The molecular weight excluding hydrogens is 448 g/mol. The fourth-order valence-corrected chi connectivity index (χ4v) is 3.94. The summed E-state index contributed by atoms with van der Waals surface area (Å²) in [6.07, 6.45) is 1.56. The third-order valence-electron chi connectivity index (χ3n) is 4.79. The molecule has 0 bridgehead atoms. The Morgan fingerprint density at radius 2 is 1.66 bits per heavy atom. The van der Waals surface area contributed by atoms with E-state index < -0.39 is 16.3 Å². The van der Waals surface area contributed by atoms with Gasteiger partial charge in [0.25, 0.3) is 0 Å². The van der Waals surface area contributed by atoms with Gasteiger partial charge >= 0.3 is 5.56 Å². The first-order valence-corrected chi connectivity index (χ1v) is 11.5. The van der Waals surface area contributed by atoms with E-state index in [2.05, 4.69) is 5.10 Å². The third-order valence-corrected chi connectivity index (χ3v) is 5.65. The number of rotatable bonds is 7. The van der Waals surface area contributed by atoms with E-state index >= 15 is 0 Å². The minimum absolute atomic E-state index is 0.0401. The van der Waals surface area contributed by atoms with Gasteiger partial charge in [0.1, 0.15) is 17.3 Å². The normalized spacial score (nSPS) is 10.9. The quantitative estimate of drug-likeness (QED) is 0.412. The molecule has 0 N–H and O–H groups in total. The van der Waals surface area contributed by atoms with Gasteiger partial charge in [0.05, 0.1) is 17.6 Å². The lowest BCUT2D eigenvalue weighted by Gasteiger charge is -2.14. The molecule has 6 nitrogen and oxygen atoms in total. The van der Waals surface area contributed by atoms with Gasteiger partial charge in [-0.1, -0.05) is 72.3 Å². The van der Waals surface area contributed by atoms with Gasteiger partial charge in [0.2, 0.25) is 0 Å². The minimum Gasteiger partial charge on any atom is -0.482 e. The number of ether oxygens (including phenoxy) is 1. The highest BCUT2D eigenvalue weighted by atomic mass is 35.5. The third kappa shape index (κ3) is 5.07. The number of hydrogen-bond donors (Lipinski definition) is 1. The van der Waals surface area contributed by atoms with E-state index in [-0.39, 0.29) is 18.1 Å². The molecule has 0 fully saturated rings. The average Bonchev–Trinajstić information content (AvgIpc) is 2.79. The van der Waals surface area contributed by atoms with Crippen molar-refractivity contribution in [2.24, 2.45) is 0 Å². The van der Waals surface area contributed by atoms with Gasteiger partial charge < -0.3 is 4.74 Å². The molecule has 8 heteroatoms. The van der Waals surface area contributed by atoms with E-state index in [1.165, 1.54) is 4.68 Å². The Balaban J connectivity index is 1.78.